The average molecular weight is 304 g/mol. The smallest absolute Gasteiger partial charge is 0.274 e. The summed E-state index contributed by atoms with van der Waals surface area (Å²) in [4.78, 5) is 17.6. The summed E-state index contributed by atoms with van der Waals surface area (Å²) < 4.78 is 23.0. The van der Waals surface area contributed by atoms with Crippen LogP contribution in [0, 0.1) is 0 Å². The van der Waals surface area contributed by atoms with Crippen molar-refractivity contribution in [2.45, 2.75) is 6.42 Å². The minimum absolute atomic E-state index is 0.0291. The number of nitrogen functional groups attached to an aromatic ring is 1. The molecule has 1 aliphatic rings. The zero-order chi connectivity index (χ0) is 14.0. The first-order chi connectivity index (χ1) is 8.89. The molecular weight excluding hydrogens is 290 g/mol. The van der Waals surface area contributed by atoms with Gasteiger partial charge in [0.15, 0.2) is 9.84 Å². The molecule has 1 aliphatic heterocycles. The van der Waals surface area contributed by atoms with E-state index in [2.05, 4.69) is 4.98 Å². The quantitative estimate of drug-likeness (QED) is 0.819. The number of sulfone groups is 1. The van der Waals surface area contributed by atoms with Crippen molar-refractivity contribution < 1.29 is 13.2 Å². The van der Waals surface area contributed by atoms with Crippen molar-refractivity contribution in [3.63, 3.8) is 0 Å². The van der Waals surface area contributed by atoms with Crippen LogP contribution in [-0.4, -0.2) is 48.8 Å². The van der Waals surface area contributed by atoms with Crippen LogP contribution >= 0.6 is 11.6 Å². The van der Waals surface area contributed by atoms with Gasteiger partial charge in [-0.1, -0.05) is 11.6 Å². The number of carbonyl (C=O) groups is 1. The third-order valence-electron chi connectivity index (χ3n) is 2.91. The Hall–Kier alpha value is -1.34. The molecule has 8 heteroatoms. The normalized spacial score (nSPS) is 18.9. The zero-order valence-corrected chi connectivity index (χ0v) is 11.7. The van der Waals surface area contributed by atoms with Gasteiger partial charge in [0, 0.05) is 13.1 Å². The number of pyridine rings is 1. The monoisotopic (exact) mass is 303 g/mol. The number of hydrogen-bond acceptors (Lipinski definition) is 5. The molecule has 104 valence electrons. The van der Waals surface area contributed by atoms with Gasteiger partial charge in [0.25, 0.3) is 5.91 Å². The van der Waals surface area contributed by atoms with Gasteiger partial charge in [-0.3, -0.25) is 4.79 Å². The van der Waals surface area contributed by atoms with Gasteiger partial charge in [-0.15, -0.1) is 0 Å². The van der Waals surface area contributed by atoms with E-state index in [1.807, 2.05) is 0 Å². The summed E-state index contributed by atoms with van der Waals surface area (Å²) in [6, 6.07) is 3.01. The van der Waals surface area contributed by atoms with Crippen LogP contribution in [0.5, 0.6) is 0 Å². The van der Waals surface area contributed by atoms with Crippen LogP contribution in [0.4, 0.5) is 5.82 Å². The molecule has 1 amide bonds. The summed E-state index contributed by atoms with van der Waals surface area (Å²) in [7, 11) is -3.06. The summed E-state index contributed by atoms with van der Waals surface area (Å²) >= 11 is 5.92. The van der Waals surface area contributed by atoms with Crippen LogP contribution in [-0.2, 0) is 9.84 Å². The predicted molar refractivity (Wildman–Crippen MR) is 72.8 cm³/mol. The fraction of sp³-hybridized carbons (Fsp3) is 0.455. The molecular formula is C11H14ClN3O3S. The van der Waals surface area contributed by atoms with Crippen molar-refractivity contribution >= 4 is 33.2 Å². The molecule has 6 nitrogen and oxygen atoms in total. The van der Waals surface area contributed by atoms with Crippen molar-refractivity contribution in [2.24, 2.45) is 0 Å². The number of rotatable bonds is 1. The number of hydrogen-bond donors (Lipinski definition) is 1. The highest BCUT2D eigenvalue weighted by Gasteiger charge is 2.25. The SMILES string of the molecule is Nc1ccc(Cl)c(C(=O)N2CCCS(=O)(=O)CC2)n1. The van der Waals surface area contributed by atoms with Gasteiger partial charge in [0.1, 0.15) is 11.5 Å². The van der Waals surface area contributed by atoms with E-state index < -0.39 is 9.84 Å². The van der Waals surface area contributed by atoms with Gasteiger partial charge < -0.3 is 10.6 Å². The molecule has 2 heterocycles. The maximum Gasteiger partial charge on any atom is 0.274 e. The maximum absolute atomic E-state index is 12.3. The second-order valence-electron chi connectivity index (χ2n) is 4.36. The van der Waals surface area contributed by atoms with Gasteiger partial charge in [-0.2, -0.15) is 0 Å². The second kappa shape index (κ2) is 5.34. The van der Waals surface area contributed by atoms with Gasteiger partial charge in [-0.05, 0) is 18.6 Å². The van der Waals surface area contributed by atoms with Gasteiger partial charge >= 0.3 is 0 Å². The number of nitrogens with zero attached hydrogens (tertiary/aromatic N) is 2. The Morgan fingerprint density at radius 2 is 2.05 bits per heavy atom. The molecule has 1 aromatic heterocycles. The summed E-state index contributed by atoms with van der Waals surface area (Å²) in [5.41, 5.74) is 5.60. The van der Waals surface area contributed by atoms with Crippen LogP contribution < -0.4 is 5.73 Å². The first-order valence-corrected chi connectivity index (χ1v) is 8.01. The predicted octanol–water partition coefficient (Wildman–Crippen LogP) is 0.578. The topological polar surface area (TPSA) is 93.4 Å². The Labute approximate surface area is 116 Å². The molecule has 19 heavy (non-hydrogen) atoms. The lowest BCUT2D eigenvalue weighted by molar-refractivity contribution is 0.0763. The highest BCUT2D eigenvalue weighted by atomic mass is 35.5. The number of aromatic nitrogens is 1. The molecule has 0 aromatic carbocycles. The molecule has 0 atom stereocenters. The molecule has 0 radical (unpaired) electrons. The van der Waals surface area contributed by atoms with E-state index in [-0.39, 0.29) is 40.5 Å². The number of anilines is 1. The first-order valence-electron chi connectivity index (χ1n) is 5.81. The van der Waals surface area contributed by atoms with Crippen LogP contribution in [0.25, 0.3) is 0 Å². The minimum atomic E-state index is -3.06. The molecule has 0 saturated carbocycles. The second-order valence-corrected chi connectivity index (χ2v) is 7.07. The van der Waals surface area contributed by atoms with E-state index >= 15 is 0 Å². The van der Waals surface area contributed by atoms with E-state index in [9.17, 15) is 13.2 Å². The highest BCUT2D eigenvalue weighted by Crippen LogP contribution is 2.18. The lowest BCUT2D eigenvalue weighted by Gasteiger charge is -2.19. The van der Waals surface area contributed by atoms with E-state index in [4.69, 9.17) is 17.3 Å². The maximum atomic E-state index is 12.3. The Balaban J connectivity index is 2.22. The van der Waals surface area contributed by atoms with Crippen LogP contribution in [0.15, 0.2) is 12.1 Å². The largest absolute Gasteiger partial charge is 0.384 e. The molecule has 0 aliphatic carbocycles. The number of nitrogens with two attached hydrogens (primary N) is 1. The summed E-state index contributed by atoms with van der Waals surface area (Å²) in [6.45, 7) is 0.541. The van der Waals surface area contributed by atoms with Gasteiger partial charge in [-0.25, -0.2) is 13.4 Å². The summed E-state index contributed by atoms with van der Waals surface area (Å²) in [5, 5.41) is 0.214. The standard InChI is InChI=1S/C11H14ClN3O3S/c12-8-2-3-9(13)14-10(8)11(16)15-4-1-6-19(17,18)7-5-15/h2-3H,1,4-7H2,(H2,13,14). The van der Waals surface area contributed by atoms with Crippen molar-refractivity contribution in [3.8, 4) is 0 Å². The van der Waals surface area contributed by atoms with Crippen LogP contribution in [0.3, 0.4) is 0 Å². The lowest BCUT2D eigenvalue weighted by Crippen LogP contribution is -2.34. The third-order valence-corrected chi connectivity index (χ3v) is 4.93. The van der Waals surface area contributed by atoms with Crippen molar-refractivity contribution in [3.05, 3.63) is 22.8 Å². The molecule has 1 saturated heterocycles. The number of amides is 1. The fourth-order valence-corrected chi connectivity index (χ4v) is 3.36. The van der Waals surface area contributed by atoms with E-state index in [1.54, 1.807) is 0 Å². The molecule has 0 unspecified atom stereocenters. The van der Waals surface area contributed by atoms with E-state index in [0.717, 1.165) is 0 Å². The zero-order valence-electron chi connectivity index (χ0n) is 10.2. The molecule has 0 spiro atoms. The van der Waals surface area contributed by atoms with Crippen molar-refractivity contribution in [1.29, 1.82) is 0 Å². The Bertz CT molecular complexity index is 603. The highest BCUT2D eigenvalue weighted by molar-refractivity contribution is 7.91. The Morgan fingerprint density at radius 3 is 2.79 bits per heavy atom. The van der Waals surface area contributed by atoms with Crippen LogP contribution in [0.1, 0.15) is 16.9 Å². The average Bonchev–Trinajstić information content (AvgIpc) is 2.52. The van der Waals surface area contributed by atoms with Gasteiger partial charge in [0.05, 0.1) is 16.5 Å². The Kier molecular flexibility index (Phi) is 3.96. The minimum Gasteiger partial charge on any atom is -0.384 e. The molecule has 2 N–H and O–H groups in total. The van der Waals surface area contributed by atoms with Crippen molar-refractivity contribution in [2.75, 3.05) is 30.3 Å². The number of carbonyl (C=O) groups excluding carboxylic acids is 1. The summed E-state index contributed by atoms with van der Waals surface area (Å²) in [6.07, 6.45) is 0.425. The van der Waals surface area contributed by atoms with E-state index in [0.29, 0.717) is 13.0 Å². The fourth-order valence-electron chi connectivity index (χ4n) is 1.90. The lowest BCUT2D eigenvalue weighted by atomic mass is 10.3. The van der Waals surface area contributed by atoms with Gasteiger partial charge in [0.2, 0.25) is 0 Å². The molecule has 1 fully saturated rings. The van der Waals surface area contributed by atoms with E-state index in [1.165, 1.54) is 17.0 Å². The molecule has 1 aromatic rings. The Morgan fingerprint density at radius 1 is 1.32 bits per heavy atom. The number of halogens is 1. The first kappa shape index (κ1) is 14.1. The summed E-state index contributed by atoms with van der Waals surface area (Å²) in [5.74, 6) is -0.0994. The van der Waals surface area contributed by atoms with Crippen LogP contribution in [0.2, 0.25) is 5.02 Å². The third kappa shape index (κ3) is 3.36. The molecule has 0 bridgehead atoms. The molecule has 2 rings (SSSR count). The van der Waals surface area contributed by atoms with Crippen molar-refractivity contribution in [1.82, 2.24) is 9.88 Å².